The predicted octanol–water partition coefficient (Wildman–Crippen LogP) is 3.26. The normalized spacial score (nSPS) is 13.2. The van der Waals surface area contributed by atoms with Crippen LogP contribution in [0, 0.1) is 6.92 Å². The highest BCUT2D eigenvalue weighted by molar-refractivity contribution is 5.99. The molecular formula is C20H20O6. The number of hydrogen-bond donors (Lipinski definition) is 0. The smallest absolute Gasteiger partial charge is 0.313 e. The number of esters is 1. The van der Waals surface area contributed by atoms with Crippen LogP contribution in [0.15, 0.2) is 36.4 Å². The average molecular weight is 356 g/mol. The molecule has 0 saturated heterocycles. The van der Waals surface area contributed by atoms with Crippen molar-refractivity contribution >= 4 is 11.8 Å². The Bertz CT molecular complexity index is 842. The number of carbonyl (C=O) groups is 2. The fourth-order valence-corrected chi connectivity index (χ4v) is 2.96. The predicted molar refractivity (Wildman–Crippen MR) is 94.0 cm³/mol. The second-order valence-electron chi connectivity index (χ2n) is 6.00. The molecule has 0 saturated carbocycles. The number of rotatable bonds is 6. The van der Waals surface area contributed by atoms with Gasteiger partial charge < -0.3 is 18.9 Å². The number of ketones is 1. The molecule has 0 N–H and O–H groups in total. The summed E-state index contributed by atoms with van der Waals surface area (Å²) in [5.74, 6) is 0.552. The van der Waals surface area contributed by atoms with Crippen LogP contribution in [-0.2, 0) is 9.53 Å². The molecule has 0 fully saturated rings. The summed E-state index contributed by atoms with van der Waals surface area (Å²) < 4.78 is 20.8. The van der Waals surface area contributed by atoms with Gasteiger partial charge in [0.25, 0.3) is 0 Å². The molecule has 0 amide bonds. The molecule has 26 heavy (non-hydrogen) atoms. The lowest BCUT2D eigenvalue weighted by Crippen LogP contribution is -2.18. The first-order valence-electron chi connectivity index (χ1n) is 8.18. The molecule has 1 aliphatic heterocycles. The van der Waals surface area contributed by atoms with Crippen LogP contribution in [0.5, 0.6) is 17.2 Å². The number of ether oxygens (including phenoxy) is 4. The Labute approximate surface area is 151 Å². The van der Waals surface area contributed by atoms with E-state index in [0.29, 0.717) is 28.4 Å². The molecule has 6 nitrogen and oxygen atoms in total. The van der Waals surface area contributed by atoms with E-state index >= 15 is 0 Å². The van der Waals surface area contributed by atoms with Gasteiger partial charge in [0.05, 0.1) is 20.1 Å². The number of Topliss-reactive ketones (excluding diaryl/α,β-unsaturated/α-hetero) is 1. The van der Waals surface area contributed by atoms with Crippen LogP contribution in [0.3, 0.4) is 0 Å². The molecule has 0 aromatic heterocycles. The molecule has 2 aromatic carbocycles. The first kappa shape index (κ1) is 17.8. The minimum atomic E-state index is -0.718. The maximum atomic E-state index is 12.7. The number of hydrogen-bond acceptors (Lipinski definition) is 6. The van der Waals surface area contributed by atoms with Crippen LogP contribution in [0.25, 0.3) is 0 Å². The van der Waals surface area contributed by atoms with E-state index in [-0.39, 0.29) is 19.0 Å². The summed E-state index contributed by atoms with van der Waals surface area (Å²) in [5.41, 5.74) is 2.04. The molecule has 1 aliphatic rings. The number of methoxy groups -OCH3 is 2. The van der Waals surface area contributed by atoms with E-state index < -0.39 is 11.9 Å². The first-order valence-corrected chi connectivity index (χ1v) is 8.18. The number of aryl methyl sites for hydroxylation is 1. The fraction of sp³-hybridized carbons (Fsp3) is 0.300. The van der Waals surface area contributed by atoms with Gasteiger partial charge in [-0.05, 0) is 48.4 Å². The molecule has 0 aliphatic carbocycles. The maximum Gasteiger partial charge on any atom is 0.313 e. The molecule has 0 spiro atoms. The van der Waals surface area contributed by atoms with Crippen molar-refractivity contribution in [3.8, 4) is 17.2 Å². The molecule has 1 unspecified atom stereocenters. The van der Waals surface area contributed by atoms with Crippen LogP contribution in [-0.4, -0.2) is 32.8 Å². The van der Waals surface area contributed by atoms with Crippen LogP contribution >= 0.6 is 0 Å². The summed E-state index contributed by atoms with van der Waals surface area (Å²) in [6, 6.07) is 10.4. The average Bonchev–Trinajstić information content (AvgIpc) is 3.12. The lowest BCUT2D eigenvalue weighted by atomic mass is 9.91. The van der Waals surface area contributed by atoms with Crippen molar-refractivity contribution in [3.05, 3.63) is 53.1 Å². The minimum Gasteiger partial charge on any atom is -0.496 e. The Balaban J connectivity index is 1.86. The second-order valence-corrected chi connectivity index (χ2v) is 6.00. The summed E-state index contributed by atoms with van der Waals surface area (Å²) in [5, 5.41) is 0. The van der Waals surface area contributed by atoms with E-state index in [1.807, 2.05) is 6.92 Å². The highest BCUT2D eigenvalue weighted by Gasteiger charge is 2.27. The quantitative estimate of drug-likeness (QED) is 0.584. The van der Waals surface area contributed by atoms with E-state index in [4.69, 9.17) is 18.9 Å². The van der Waals surface area contributed by atoms with E-state index in [2.05, 4.69) is 0 Å². The molecule has 6 heteroatoms. The van der Waals surface area contributed by atoms with E-state index in [9.17, 15) is 9.59 Å². The molecule has 2 aromatic rings. The zero-order valence-electron chi connectivity index (χ0n) is 14.9. The van der Waals surface area contributed by atoms with Gasteiger partial charge in [-0.25, -0.2) is 0 Å². The van der Waals surface area contributed by atoms with Crippen LogP contribution in [0.1, 0.15) is 33.8 Å². The van der Waals surface area contributed by atoms with Crippen molar-refractivity contribution in [2.24, 2.45) is 0 Å². The SMILES string of the molecule is COC(=O)C(CC(=O)c1ccc(OC)c(C)c1)c1ccc2c(c1)OCO2. The summed E-state index contributed by atoms with van der Waals surface area (Å²) in [6.45, 7) is 2.01. The largest absolute Gasteiger partial charge is 0.496 e. The number of carbonyl (C=O) groups excluding carboxylic acids is 2. The van der Waals surface area contributed by atoms with Crippen LogP contribution < -0.4 is 14.2 Å². The topological polar surface area (TPSA) is 71.1 Å². The van der Waals surface area contributed by atoms with Crippen molar-refractivity contribution < 1.29 is 28.5 Å². The van der Waals surface area contributed by atoms with Gasteiger partial charge in [-0.1, -0.05) is 6.07 Å². The van der Waals surface area contributed by atoms with Gasteiger partial charge >= 0.3 is 5.97 Å². The molecule has 0 radical (unpaired) electrons. The van der Waals surface area contributed by atoms with Gasteiger partial charge in [0.15, 0.2) is 17.3 Å². The molecule has 1 heterocycles. The maximum absolute atomic E-state index is 12.7. The Kier molecular flexibility index (Phi) is 5.11. The highest BCUT2D eigenvalue weighted by Crippen LogP contribution is 2.36. The molecule has 136 valence electrons. The summed E-state index contributed by atoms with van der Waals surface area (Å²) in [7, 11) is 2.89. The molecular weight excluding hydrogens is 336 g/mol. The van der Waals surface area contributed by atoms with Gasteiger partial charge in [-0.3, -0.25) is 9.59 Å². The molecule has 0 bridgehead atoms. The summed E-state index contributed by atoms with van der Waals surface area (Å²) in [4.78, 5) is 25.0. The standard InChI is InChI=1S/C20H20O6/c1-12-8-14(5-6-17(12)23-2)16(21)10-15(20(22)24-3)13-4-7-18-19(9-13)26-11-25-18/h4-9,15H,10-11H2,1-3H3. The van der Waals surface area contributed by atoms with Crippen molar-refractivity contribution in [2.75, 3.05) is 21.0 Å². The third-order valence-corrected chi connectivity index (χ3v) is 4.39. The lowest BCUT2D eigenvalue weighted by Gasteiger charge is -2.15. The molecule has 3 rings (SSSR count). The zero-order chi connectivity index (χ0) is 18.7. The number of fused-ring (bicyclic) bond motifs is 1. The highest BCUT2D eigenvalue weighted by atomic mass is 16.7. The Hall–Kier alpha value is -3.02. The van der Waals surface area contributed by atoms with Crippen molar-refractivity contribution in [1.82, 2.24) is 0 Å². The Morgan fingerprint density at radius 1 is 1.08 bits per heavy atom. The third kappa shape index (κ3) is 3.49. The van der Waals surface area contributed by atoms with Gasteiger partial charge in [-0.15, -0.1) is 0 Å². The Morgan fingerprint density at radius 2 is 1.85 bits per heavy atom. The van der Waals surface area contributed by atoms with Gasteiger partial charge in [0.2, 0.25) is 6.79 Å². The minimum absolute atomic E-state index is 0.00190. The van der Waals surface area contributed by atoms with Gasteiger partial charge in [-0.2, -0.15) is 0 Å². The number of benzene rings is 2. The first-order chi connectivity index (χ1) is 12.5. The van der Waals surface area contributed by atoms with Crippen molar-refractivity contribution in [1.29, 1.82) is 0 Å². The zero-order valence-corrected chi connectivity index (χ0v) is 14.9. The summed E-state index contributed by atoms with van der Waals surface area (Å²) >= 11 is 0. The monoisotopic (exact) mass is 356 g/mol. The van der Waals surface area contributed by atoms with E-state index in [1.165, 1.54) is 7.11 Å². The second kappa shape index (κ2) is 7.47. The van der Waals surface area contributed by atoms with E-state index in [0.717, 1.165) is 5.56 Å². The van der Waals surface area contributed by atoms with E-state index in [1.54, 1.807) is 43.5 Å². The van der Waals surface area contributed by atoms with Crippen molar-refractivity contribution in [3.63, 3.8) is 0 Å². The van der Waals surface area contributed by atoms with Gasteiger partial charge in [0.1, 0.15) is 5.75 Å². The molecule has 1 atom stereocenters. The summed E-state index contributed by atoms with van der Waals surface area (Å²) in [6.07, 6.45) is -0.00190. The third-order valence-electron chi connectivity index (χ3n) is 4.39. The lowest BCUT2D eigenvalue weighted by molar-refractivity contribution is -0.142. The van der Waals surface area contributed by atoms with Crippen molar-refractivity contribution in [2.45, 2.75) is 19.3 Å². The van der Waals surface area contributed by atoms with Gasteiger partial charge in [0, 0.05) is 12.0 Å². The van der Waals surface area contributed by atoms with Crippen LogP contribution in [0.2, 0.25) is 0 Å². The Morgan fingerprint density at radius 3 is 2.54 bits per heavy atom. The van der Waals surface area contributed by atoms with Crippen LogP contribution in [0.4, 0.5) is 0 Å². The fourth-order valence-electron chi connectivity index (χ4n) is 2.96.